The Morgan fingerprint density at radius 3 is 2.83 bits per heavy atom. The summed E-state index contributed by atoms with van der Waals surface area (Å²) in [4.78, 5) is 0. The molecular formula is C17H18N2O3S. The molecule has 0 aromatic heterocycles. The van der Waals surface area contributed by atoms with Gasteiger partial charge in [0.05, 0.1) is 13.2 Å². The minimum absolute atomic E-state index is 0.0371. The van der Waals surface area contributed by atoms with Gasteiger partial charge in [0.15, 0.2) is 16.6 Å². The molecule has 0 radical (unpaired) electrons. The monoisotopic (exact) mass is 330 g/mol. The van der Waals surface area contributed by atoms with Gasteiger partial charge in [-0.15, -0.1) is 0 Å². The smallest absolute Gasteiger partial charge is 0.231 e. The molecule has 0 saturated heterocycles. The molecule has 3 rings (SSSR count). The van der Waals surface area contributed by atoms with Crippen LogP contribution in [0.1, 0.15) is 18.5 Å². The predicted molar refractivity (Wildman–Crippen MR) is 93.3 cm³/mol. The second kappa shape index (κ2) is 6.75. The molecule has 1 atom stereocenters. The van der Waals surface area contributed by atoms with Crippen molar-refractivity contribution in [2.75, 3.05) is 19.2 Å². The quantitative estimate of drug-likeness (QED) is 0.837. The summed E-state index contributed by atoms with van der Waals surface area (Å²) in [7, 11) is 1.64. The Bertz CT molecular complexity index is 721. The summed E-state index contributed by atoms with van der Waals surface area (Å²) in [5.74, 6) is 2.32. The lowest BCUT2D eigenvalue weighted by atomic mass is 10.1. The van der Waals surface area contributed by atoms with Gasteiger partial charge in [0.2, 0.25) is 6.79 Å². The zero-order chi connectivity index (χ0) is 16.2. The highest BCUT2D eigenvalue weighted by atomic mass is 32.1. The molecule has 0 bridgehead atoms. The molecule has 0 fully saturated rings. The van der Waals surface area contributed by atoms with E-state index in [0.717, 1.165) is 28.5 Å². The second-order valence-electron chi connectivity index (χ2n) is 5.16. The van der Waals surface area contributed by atoms with E-state index in [1.54, 1.807) is 7.11 Å². The van der Waals surface area contributed by atoms with Crippen LogP contribution in [0.5, 0.6) is 17.2 Å². The Hall–Kier alpha value is -2.47. The number of fused-ring (bicyclic) bond motifs is 1. The number of hydrogen-bond donors (Lipinski definition) is 2. The molecule has 1 aliphatic heterocycles. The van der Waals surface area contributed by atoms with E-state index < -0.39 is 0 Å². The number of nitrogens with one attached hydrogen (secondary N) is 2. The van der Waals surface area contributed by atoms with Gasteiger partial charge in [-0.3, -0.25) is 0 Å². The van der Waals surface area contributed by atoms with Crippen molar-refractivity contribution in [1.82, 2.24) is 5.32 Å². The van der Waals surface area contributed by atoms with Crippen molar-refractivity contribution < 1.29 is 14.2 Å². The lowest BCUT2D eigenvalue weighted by molar-refractivity contribution is 0.174. The molecule has 6 heteroatoms. The lowest BCUT2D eigenvalue weighted by Gasteiger charge is -2.18. The van der Waals surface area contributed by atoms with E-state index in [-0.39, 0.29) is 12.8 Å². The van der Waals surface area contributed by atoms with Crippen LogP contribution in [0.25, 0.3) is 0 Å². The van der Waals surface area contributed by atoms with Crippen molar-refractivity contribution in [2.45, 2.75) is 13.0 Å². The molecule has 0 spiro atoms. The first-order chi connectivity index (χ1) is 11.2. The molecule has 2 aromatic carbocycles. The van der Waals surface area contributed by atoms with Gasteiger partial charge in [0.1, 0.15) is 5.75 Å². The molecule has 0 aliphatic carbocycles. The van der Waals surface area contributed by atoms with E-state index in [2.05, 4.69) is 10.6 Å². The van der Waals surface area contributed by atoms with Crippen molar-refractivity contribution in [2.24, 2.45) is 0 Å². The molecule has 2 N–H and O–H groups in total. The molecule has 2 aromatic rings. The zero-order valence-electron chi connectivity index (χ0n) is 13.0. The van der Waals surface area contributed by atoms with Crippen LogP contribution in [-0.4, -0.2) is 19.0 Å². The van der Waals surface area contributed by atoms with E-state index in [1.807, 2.05) is 49.4 Å². The molecule has 1 aliphatic rings. The number of benzene rings is 2. The minimum atomic E-state index is 0.0371. The number of thiocarbonyl (C=S) groups is 1. The van der Waals surface area contributed by atoms with Crippen molar-refractivity contribution in [3.63, 3.8) is 0 Å². The zero-order valence-corrected chi connectivity index (χ0v) is 13.8. The van der Waals surface area contributed by atoms with Crippen LogP contribution in [0.3, 0.4) is 0 Å². The van der Waals surface area contributed by atoms with Gasteiger partial charge < -0.3 is 24.8 Å². The predicted octanol–water partition coefficient (Wildman–Crippen LogP) is 3.47. The maximum Gasteiger partial charge on any atom is 0.231 e. The van der Waals surface area contributed by atoms with Gasteiger partial charge in [-0.05, 0) is 49.0 Å². The Morgan fingerprint density at radius 2 is 2.00 bits per heavy atom. The van der Waals surface area contributed by atoms with Crippen molar-refractivity contribution >= 4 is 23.0 Å². The fourth-order valence-electron chi connectivity index (χ4n) is 2.33. The largest absolute Gasteiger partial charge is 0.497 e. The van der Waals surface area contributed by atoms with Crippen LogP contribution in [0, 0.1) is 0 Å². The Balaban J connectivity index is 1.62. The Morgan fingerprint density at radius 1 is 1.17 bits per heavy atom. The van der Waals surface area contributed by atoms with Crippen LogP contribution >= 0.6 is 12.2 Å². The fraction of sp³-hybridized carbons (Fsp3) is 0.235. The van der Waals surface area contributed by atoms with E-state index in [9.17, 15) is 0 Å². The molecule has 0 saturated carbocycles. The first kappa shape index (κ1) is 15.4. The molecule has 1 unspecified atom stereocenters. The molecular weight excluding hydrogens is 312 g/mol. The van der Waals surface area contributed by atoms with E-state index in [1.165, 1.54) is 0 Å². The van der Waals surface area contributed by atoms with E-state index in [0.29, 0.717) is 5.11 Å². The molecule has 5 nitrogen and oxygen atoms in total. The second-order valence-corrected chi connectivity index (χ2v) is 5.57. The first-order valence-electron chi connectivity index (χ1n) is 7.27. The number of ether oxygens (including phenoxy) is 3. The summed E-state index contributed by atoms with van der Waals surface area (Å²) in [6.45, 7) is 2.31. The summed E-state index contributed by atoms with van der Waals surface area (Å²) in [5, 5.41) is 6.96. The van der Waals surface area contributed by atoms with Gasteiger partial charge in [0, 0.05) is 11.8 Å². The van der Waals surface area contributed by atoms with Gasteiger partial charge in [0.25, 0.3) is 0 Å². The maximum atomic E-state index is 5.40. The fourth-order valence-corrected chi connectivity index (χ4v) is 2.63. The minimum Gasteiger partial charge on any atom is -0.497 e. The highest BCUT2D eigenvalue weighted by molar-refractivity contribution is 7.80. The van der Waals surface area contributed by atoms with Crippen molar-refractivity contribution in [3.05, 3.63) is 48.0 Å². The molecule has 1 heterocycles. The average Bonchev–Trinajstić information content (AvgIpc) is 3.02. The summed E-state index contributed by atoms with van der Waals surface area (Å²) in [6, 6.07) is 13.5. The first-order valence-corrected chi connectivity index (χ1v) is 7.67. The number of methoxy groups -OCH3 is 1. The number of hydrogen-bond acceptors (Lipinski definition) is 4. The third-order valence-electron chi connectivity index (χ3n) is 3.57. The normalized spacial score (nSPS) is 13.3. The van der Waals surface area contributed by atoms with E-state index in [4.69, 9.17) is 26.4 Å². The molecule has 120 valence electrons. The molecule has 23 heavy (non-hydrogen) atoms. The van der Waals surface area contributed by atoms with Gasteiger partial charge >= 0.3 is 0 Å². The highest BCUT2D eigenvalue weighted by Gasteiger charge is 2.16. The van der Waals surface area contributed by atoms with Gasteiger partial charge in [-0.1, -0.05) is 12.1 Å². The highest BCUT2D eigenvalue weighted by Crippen LogP contribution is 2.34. The van der Waals surface area contributed by atoms with Crippen molar-refractivity contribution in [1.29, 1.82) is 0 Å². The van der Waals surface area contributed by atoms with E-state index >= 15 is 0 Å². The Kier molecular flexibility index (Phi) is 4.52. The number of anilines is 1. The lowest BCUT2D eigenvalue weighted by Crippen LogP contribution is -2.30. The summed E-state index contributed by atoms with van der Waals surface area (Å²) >= 11 is 5.37. The standard InChI is InChI=1S/C17H18N2O3S/c1-11(12-6-7-15-16(8-12)22-10-21-15)18-17(23)19-13-4-3-5-14(9-13)20-2/h3-9,11H,10H2,1-2H3,(H2,18,19,23). The summed E-state index contributed by atoms with van der Waals surface area (Å²) < 4.78 is 15.9. The third-order valence-corrected chi connectivity index (χ3v) is 3.79. The van der Waals surface area contributed by atoms with Crippen LogP contribution in [0.2, 0.25) is 0 Å². The summed E-state index contributed by atoms with van der Waals surface area (Å²) in [6.07, 6.45) is 0. The van der Waals surface area contributed by atoms with Crippen LogP contribution < -0.4 is 24.8 Å². The summed E-state index contributed by atoms with van der Waals surface area (Å²) in [5.41, 5.74) is 1.95. The SMILES string of the molecule is COc1cccc(NC(=S)NC(C)c2ccc3c(c2)OCO3)c1. The molecule has 0 amide bonds. The van der Waals surface area contributed by atoms with Crippen LogP contribution in [-0.2, 0) is 0 Å². The van der Waals surface area contributed by atoms with Crippen molar-refractivity contribution in [3.8, 4) is 17.2 Å². The van der Waals surface area contributed by atoms with Crippen LogP contribution in [0.4, 0.5) is 5.69 Å². The average molecular weight is 330 g/mol. The van der Waals surface area contributed by atoms with Gasteiger partial charge in [-0.25, -0.2) is 0 Å². The maximum absolute atomic E-state index is 5.40. The third kappa shape index (κ3) is 3.65. The van der Waals surface area contributed by atoms with Gasteiger partial charge in [-0.2, -0.15) is 0 Å². The Labute approximate surface area is 140 Å². The van der Waals surface area contributed by atoms with Crippen LogP contribution in [0.15, 0.2) is 42.5 Å². The topological polar surface area (TPSA) is 51.8 Å². The number of rotatable bonds is 4.